The Morgan fingerprint density at radius 3 is 2.74 bits per heavy atom. The third-order valence-corrected chi connectivity index (χ3v) is 4.21. The van der Waals surface area contributed by atoms with E-state index in [1.807, 2.05) is 67.6 Å². The molecule has 2 atom stereocenters. The molecule has 0 bridgehead atoms. The smallest absolute Gasteiger partial charge is 0.224 e. The Labute approximate surface area is 136 Å². The summed E-state index contributed by atoms with van der Waals surface area (Å²) in [5, 5.41) is 13.1. The van der Waals surface area contributed by atoms with Crippen LogP contribution in [0.4, 0.5) is 0 Å². The van der Waals surface area contributed by atoms with E-state index in [1.54, 1.807) is 0 Å². The van der Waals surface area contributed by atoms with Gasteiger partial charge in [0.1, 0.15) is 0 Å². The number of carbonyl (C=O) groups excluding carboxylic acids is 1. The lowest BCUT2D eigenvalue weighted by Gasteiger charge is -2.17. The van der Waals surface area contributed by atoms with Crippen molar-refractivity contribution in [2.45, 2.75) is 31.9 Å². The molecule has 0 aliphatic heterocycles. The van der Waals surface area contributed by atoms with E-state index in [1.165, 1.54) is 5.56 Å². The lowest BCUT2D eigenvalue weighted by atomic mass is 10.1. The quantitative estimate of drug-likeness (QED) is 0.911. The Kier molecular flexibility index (Phi) is 4.58. The summed E-state index contributed by atoms with van der Waals surface area (Å²) in [7, 11) is 0. The third-order valence-electron chi connectivity index (χ3n) is 4.21. The van der Waals surface area contributed by atoms with Crippen molar-refractivity contribution in [2.75, 3.05) is 0 Å². The summed E-state index contributed by atoms with van der Waals surface area (Å²) in [5.41, 5.74) is 4.43. The van der Waals surface area contributed by atoms with Gasteiger partial charge < -0.3 is 10.4 Å². The Hall–Kier alpha value is -2.39. The van der Waals surface area contributed by atoms with Gasteiger partial charge in [-0.2, -0.15) is 0 Å². The second kappa shape index (κ2) is 6.80. The average molecular weight is 307 g/mol. The van der Waals surface area contributed by atoms with Gasteiger partial charge in [-0.3, -0.25) is 4.79 Å². The van der Waals surface area contributed by atoms with Gasteiger partial charge in [0.15, 0.2) is 0 Å². The van der Waals surface area contributed by atoms with E-state index in [0.29, 0.717) is 12.8 Å². The number of aliphatic hydroxyl groups is 1. The summed E-state index contributed by atoms with van der Waals surface area (Å²) in [5.74, 6) is -0.0749. The number of amides is 1. The molecule has 23 heavy (non-hydrogen) atoms. The lowest BCUT2D eigenvalue weighted by Crippen LogP contribution is -2.33. The maximum atomic E-state index is 12.1. The zero-order valence-electron chi connectivity index (χ0n) is 13.2. The van der Waals surface area contributed by atoms with Gasteiger partial charge in [0.25, 0.3) is 0 Å². The molecule has 2 N–H and O–H groups in total. The number of fused-ring (bicyclic) bond motifs is 1. The standard InChI is InChI=1S/C20H21NO2/c1-14-9-11-15(12-10-14)5-4-8-19(23)21-20-17-7-3-2-6-16(17)13-18(20)22/h2-7,9-12,18,20,22H,8,13H2,1H3,(H,21,23)/b5-4+/t18-,20+/m0/s1. The first-order chi connectivity index (χ1) is 11.1. The van der Waals surface area contributed by atoms with Crippen LogP contribution in [0.3, 0.4) is 0 Å². The van der Waals surface area contributed by atoms with E-state index in [4.69, 9.17) is 0 Å². The molecule has 1 amide bonds. The molecule has 0 spiro atoms. The highest BCUT2D eigenvalue weighted by Crippen LogP contribution is 2.31. The minimum Gasteiger partial charge on any atom is -0.390 e. The Bertz CT molecular complexity index is 719. The van der Waals surface area contributed by atoms with Crippen LogP contribution in [0.5, 0.6) is 0 Å². The molecule has 1 aliphatic carbocycles. The predicted molar refractivity (Wildman–Crippen MR) is 91.9 cm³/mol. The van der Waals surface area contributed by atoms with Crippen LogP contribution in [-0.4, -0.2) is 17.1 Å². The zero-order chi connectivity index (χ0) is 16.2. The molecule has 3 heteroatoms. The molecule has 1 aliphatic rings. The van der Waals surface area contributed by atoms with Crippen molar-refractivity contribution in [3.05, 3.63) is 76.9 Å². The molecule has 0 heterocycles. The zero-order valence-corrected chi connectivity index (χ0v) is 13.2. The summed E-state index contributed by atoms with van der Waals surface area (Å²) in [6.07, 6.45) is 4.16. The lowest BCUT2D eigenvalue weighted by molar-refractivity contribution is -0.121. The highest BCUT2D eigenvalue weighted by molar-refractivity contribution is 5.79. The van der Waals surface area contributed by atoms with Crippen molar-refractivity contribution in [3.8, 4) is 0 Å². The molecule has 2 aromatic carbocycles. The number of rotatable bonds is 4. The number of aliphatic hydroxyl groups excluding tert-OH is 1. The topological polar surface area (TPSA) is 49.3 Å². The van der Waals surface area contributed by atoms with Gasteiger partial charge in [-0.15, -0.1) is 0 Å². The van der Waals surface area contributed by atoms with Gasteiger partial charge in [0.05, 0.1) is 12.1 Å². The highest BCUT2D eigenvalue weighted by atomic mass is 16.3. The Morgan fingerprint density at radius 1 is 1.22 bits per heavy atom. The maximum Gasteiger partial charge on any atom is 0.224 e. The van der Waals surface area contributed by atoms with Crippen molar-refractivity contribution in [3.63, 3.8) is 0 Å². The Balaban J connectivity index is 1.58. The number of carbonyl (C=O) groups is 1. The van der Waals surface area contributed by atoms with Gasteiger partial charge in [0, 0.05) is 12.8 Å². The minimum atomic E-state index is -0.544. The normalized spacial score (nSPS) is 19.7. The molecule has 118 valence electrons. The van der Waals surface area contributed by atoms with E-state index < -0.39 is 6.10 Å². The fourth-order valence-corrected chi connectivity index (χ4v) is 2.96. The summed E-state index contributed by atoms with van der Waals surface area (Å²) < 4.78 is 0. The van der Waals surface area contributed by atoms with E-state index >= 15 is 0 Å². The number of nitrogens with one attached hydrogen (secondary N) is 1. The minimum absolute atomic E-state index is 0.0749. The number of benzene rings is 2. The number of hydrogen-bond donors (Lipinski definition) is 2. The first-order valence-electron chi connectivity index (χ1n) is 7.92. The van der Waals surface area contributed by atoms with E-state index in [9.17, 15) is 9.90 Å². The van der Waals surface area contributed by atoms with E-state index in [2.05, 4.69) is 5.32 Å². The molecule has 0 saturated carbocycles. The molecule has 0 unspecified atom stereocenters. The second-order valence-electron chi connectivity index (χ2n) is 6.03. The first kappa shape index (κ1) is 15.5. The van der Waals surface area contributed by atoms with Crippen molar-refractivity contribution >= 4 is 12.0 Å². The molecule has 0 saturated heterocycles. The summed E-state index contributed by atoms with van der Waals surface area (Å²) in [6.45, 7) is 2.05. The van der Waals surface area contributed by atoms with Crippen molar-refractivity contribution in [1.82, 2.24) is 5.32 Å². The van der Waals surface area contributed by atoms with Crippen molar-refractivity contribution < 1.29 is 9.90 Å². The third kappa shape index (κ3) is 3.69. The summed E-state index contributed by atoms with van der Waals surface area (Å²) in [4.78, 5) is 12.1. The van der Waals surface area contributed by atoms with Gasteiger partial charge >= 0.3 is 0 Å². The monoisotopic (exact) mass is 307 g/mol. The summed E-state index contributed by atoms with van der Waals surface area (Å²) in [6, 6.07) is 15.7. The maximum absolute atomic E-state index is 12.1. The predicted octanol–water partition coefficient (Wildman–Crippen LogP) is 3.17. The van der Waals surface area contributed by atoms with Crippen molar-refractivity contribution in [1.29, 1.82) is 0 Å². The largest absolute Gasteiger partial charge is 0.390 e. The van der Waals surface area contributed by atoms with Crippen LogP contribution in [0.1, 0.15) is 34.7 Å². The van der Waals surface area contributed by atoms with Gasteiger partial charge in [-0.1, -0.05) is 66.2 Å². The second-order valence-corrected chi connectivity index (χ2v) is 6.03. The number of aryl methyl sites for hydroxylation is 1. The van der Waals surface area contributed by atoms with E-state index in [-0.39, 0.29) is 11.9 Å². The Morgan fingerprint density at radius 2 is 1.96 bits per heavy atom. The summed E-state index contributed by atoms with van der Waals surface area (Å²) >= 11 is 0. The van der Waals surface area contributed by atoms with Crippen LogP contribution >= 0.6 is 0 Å². The molecule has 0 fully saturated rings. The van der Waals surface area contributed by atoms with Crippen LogP contribution in [-0.2, 0) is 11.2 Å². The van der Waals surface area contributed by atoms with E-state index in [0.717, 1.165) is 16.7 Å². The van der Waals surface area contributed by atoms with Gasteiger partial charge in [-0.25, -0.2) is 0 Å². The van der Waals surface area contributed by atoms with Gasteiger partial charge in [-0.05, 0) is 23.6 Å². The fourth-order valence-electron chi connectivity index (χ4n) is 2.96. The van der Waals surface area contributed by atoms with Crippen LogP contribution < -0.4 is 5.32 Å². The van der Waals surface area contributed by atoms with Crippen LogP contribution in [0.2, 0.25) is 0 Å². The molecule has 3 rings (SSSR count). The van der Waals surface area contributed by atoms with Crippen molar-refractivity contribution in [2.24, 2.45) is 0 Å². The van der Waals surface area contributed by atoms with Gasteiger partial charge in [0.2, 0.25) is 5.91 Å². The molecular formula is C20H21NO2. The van der Waals surface area contributed by atoms with Crippen LogP contribution in [0, 0.1) is 6.92 Å². The molecular weight excluding hydrogens is 286 g/mol. The molecule has 0 aromatic heterocycles. The highest BCUT2D eigenvalue weighted by Gasteiger charge is 2.31. The SMILES string of the molecule is Cc1ccc(/C=C/CC(=O)N[C@@H]2c3ccccc3C[C@@H]2O)cc1. The van der Waals surface area contributed by atoms with Crippen LogP contribution in [0.25, 0.3) is 6.08 Å². The fraction of sp³-hybridized carbons (Fsp3) is 0.250. The average Bonchev–Trinajstić information content (AvgIpc) is 2.85. The number of hydrogen-bond acceptors (Lipinski definition) is 2. The van der Waals surface area contributed by atoms with Crippen LogP contribution in [0.15, 0.2) is 54.6 Å². The molecule has 0 radical (unpaired) electrons. The molecule has 2 aromatic rings. The molecule has 3 nitrogen and oxygen atoms in total. The first-order valence-corrected chi connectivity index (χ1v) is 7.92.